The number of non-ortho nitro benzene ring substituents is 1. The summed E-state index contributed by atoms with van der Waals surface area (Å²) in [7, 11) is -3.98. The van der Waals surface area contributed by atoms with E-state index in [1.807, 2.05) is 18.2 Å². The van der Waals surface area contributed by atoms with Crippen LogP contribution in [0.3, 0.4) is 0 Å². The van der Waals surface area contributed by atoms with E-state index in [1.165, 1.54) is 10.7 Å². The van der Waals surface area contributed by atoms with E-state index in [9.17, 15) is 18.5 Å². The molecule has 0 bridgehead atoms. The Bertz CT molecular complexity index is 1080. The number of nitro benzene ring substituents is 1. The fraction of sp³-hybridized carbons (Fsp3) is 0.0625. The number of rotatable bonds is 5. The third-order valence-electron chi connectivity index (χ3n) is 3.49. The number of benzene rings is 2. The molecule has 0 aliphatic heterocycles. The Kier molecular flexibility index (Phi) is 4.79. The van der Waals surface area contributed by atoms with Crippen molar-refractivity contribution in [2.45, 2.75) is 11.8 Å². The monoisotopic (exact) mass is 436 g/mol. The molecule has 1 aromatic heterocycles. The number of anilines is 1. The number of sulfonamides is 1. The zero-order valence-electron chi connectivity index (χ0n) is 13.5. The number of hydrogen-bond donors (Lipinski definition) is 1. The minimum absolute atomic E-state index is 0.0988. The van der Waals surface area contributed by atoms with Gasteiger partial charge in [0.2, 0.25) is 0 Å². The summed E-state index contributed by atoms with van der Waals surface area (Å²) in [5, 5.41) is 15.1. The average molecular weight is 437 g/mol. The van der Waals surface area contributed by atoms with Gasteiger partial charge in [0.15, 0.2) is 0 Å². The lowest BCUT2D eigenvalue weighted by Gasteiger charge is -2.11. The second-order valence-corrected chi connectivity index (χ2v) is 7.90. The van der Waals surface area contributed by atoms with Gasteiger partial charge in [0.05, 0.1) is 16.3 Å². The maximum Gasteiger partial charge on any atom is 0.270 e. The van der Waals surface area contributed by atoms with E-state index < -0.39 is 14.9 Å². The summed E-state index contributed by atoms with van der Waals surface area (Å²) in [6.45, 7) is 1.75. The summed E-state index contributed by atoms with van der Waals surface area (Å²) < 4.78 is 29.6. The van der Waals surface area contributed by atoms with Crippen LogP contribution in [0.4, 0.5) is 11.5 Å². The molecule has 3 aromatic rings. The molecule has 0 unspecified atom stereocenters. The van der Waals surface area contributed by atoms with Crippen molar-refractivity contribution in [2.24, 2.45) is 0 Å². The second kappa shape index (κ2) is 6.89. The SMILES string of the molecule is Cc1cc(NS(=O)(=O)c2ccc([N+](=O)[O-])cc2Br)n(-c2ccccc2)n1. The molecule has 0 amide bonds. The van der Waals surface area contributed by atoms with Crippen LogP contribution in [0, 0.1) is 17.0 Å². The number of hydrogen-bond acceptors (Lipinski definition) is 5. The standard InChI is InChI=1S/C16H13BrN4O4S/c1-11-9-16(20(18-11)12-5-3-2-4-6-12)19-26(24,25)15-8-7-13(21(22)23)10-14(15)17/h2-10,19H,1H3. The van der Waals surface area contributed by atoms with Crippen molar-refractivity contribution in [3.8, 4) is 5.69 Å². The maximum absolute atomic E-state index is 12.7. The summed E-state index contributed by atoms with van der Waals surface area (Å²) in [4.78, 5) is 10.1. The van der Waals surface area contributed by atoms with Gasteiger partial charge < -0.3 is 0 Å². The van der Waals surface area contributed by atoms with Crippen molar-refractivity contribution in [1.29, 1.82) is 0 Å². The molecule has 0 spiro atoms. The van der Waals surface area contributed by atoms with Gasteiger partial charge in [0, 0.05) is 22.7 Å². The number of aromatic nitrogens is 2. The molecule has 134 valence electrons. The minimum atomic E-state index is -3.98. The highest BCUT2D eigenvalue weighted by Crippen LogP contribution is 2.29. The molecular weight excluding hydrogens is 424 g/mol. The van der Waals surface area contributed by atoms with Gasteiger partial charge in [-0.25, -0.2) is 13.1 Å². The molecule has 26 heavy (non-hydrogen) atoms. The number of aryl methyl sites for hydroxylation is 1. The van der Waals surface area contributed by atoms with Crippen LogP contribution < -0.4 is 4.72 Å². The Balaban J connectivity index is 2.00. The highest BCUT2D eigenvalue weighted by molar-refractivity contribution is 9.10. The topological polar surface area (TPSA) is 107 Å². The molecule has 0 fully saturated rings. The molecule has 0 atom stereocenters. The van der Waals surface area contributed by atoms with Gasteiger partial charge in [-0.05, 0) is 41.1 Å². The third kappa shape index (κ3) is 3.60. The minimum Gasteiger partial charge on any atom is -0.263 e. The van der Waals surface area contributed by atoms with Gasteiger partial charge in [-0.2, -0.15) is 5.10 Å². The van der Waals surface area contributed by atoms with Crippen LogP contribution >= 0.6 is 15.9 Å². The van der Waals surface area contributed by atoms with Crippen molar-refractivity contribution < 1.29 is 13.3 Å². The summed E-state index contributed by atoms with van der Waals surface area (Å²) >= 11 is 3.09. The fourth-order valence-electron chi connectivity index (χ4n) is 2.35. The van der Waals surface area contributed by atoms with Crippen molar-refractivity contribution in [1.82, 2.24) is 9.78 Å². The van der Waals surface area contributed by atoms with Crippen LogP contribution in [0.1, 0.15) is 5.69 Å². The average Bonchev–Trinajstić information content (AvgIpc) is 2.94. The number of halogens is 1. The number of para-hydroxylation sites is 1. The zero-order chi connectivity index (χ0) is 18.9. The van der Waals surface area contributed by atoms with Crippen molar-refractivity contribution in [2.75, 3.05) is 4.72 Å². The predicted octanol–water partition coefficient (Wildman–Crippen LogP) is 3.65. The quantitative estimate of drug-likeness (QED) is 0.484. The molecule has 8 nitrogen and oxygen atoms in total. The van der Waals surface area contributed by atoms with Gasteiger partial charge in [-0.15, -0.1) is 0 Å². The van der Waals surface area contributed by atoms with Crippen LogP contribution in [0.5, 0.6) is 0 Å². The first kappa shape index (κ1) is 18.1. The first-order chi connectivity index (χ1) is 12.3. The van der Waals surface area contributed by atoms with Crippen LogP contribution in [0.25, 0.3) is 5.69 Å². The number of nitro groups is 1. The first-order valence-electron chi connectivity index (χ1n) is 7.37. The molecule has 2 aromatic carbocycles. The summed E-state index contributed by atoms with van der Waals surface area (Å²) in [5.41, 5.74) is 1.12. The lowest BCUT2D eigenvalue weighted by atomic mass is 10.3. The molecule has 0 aliphatic rings. The molecule has 0 saturated carbocycles. The fourth-order valence-corrected chi connectivity index (χ4v) is 4.45. The van der Waals surface area contributed by atoms with E-state index in [-0.39, 0.29) is 20.9 Å². The van der Waals surface area contributed by atoms with Crippen molar-refractivity contribution in [3.63, 3.8) is 0 Å². The van der Waals surface area contributed by atoms with Gasteiger partial charge in [0.25, 0.3) is 15.7 Å². The Labute approximate surface area is 157 Å². The smallest absolute Gasteiger partial charge is 0.263 e. The van der Waals surface area contributed by atoms with Crippen LogP contribution in [-0.4, -0.2) is 23.1 Å². The maximum atomic E-state index is 12.7. The molecule has 1 heterocycles. The van der Waals surface area contributed by atoms with Crippen LogP contribution in [0.2, 0.25) is 0 Å². The van der Waals surface area contributed by atoms with Crippen LogP contribution in [0.15, 0.2) is 64.0 Å². The Morgan fingerprint density at radius 1 is 1.15 bits per heavy atom. The van der Waals surface area contributed by atoms with E-state index in [2.05, 4.69) is 25.8 Å². The highest BCUT2D eigenvalue weighted by atomic mass is 79.9. The van der Waals surface area contributed by atoms with Crippen molar-refractivity contribution >= 4 is 37.5 Å². The first-order valence-corrected chi connectivity index (χ1v) is 9.64. The zero-order valence-corrected chi connectivity index (χ0v) is 15.9. The highest BCUT2D eigenvalue weighted by Gasteiger charge is 2.22. The predicted molar refractivity (Wildman–Crippen MR) is 99.9 cm³/mol. The Morgan fingerprint density at radius 3 is 2.46 bits per heavy atom. The summed E-state index contributed by atoms with van der Waals surface area (Å²) in [5.74, 6) is 0.263. The van der Waals surface area contributed by atoms with E-state index in [0.29, 0.717) is 11.4 Å². The molecular formula is C16H13BrN4O4S. The van der Waals surface area contributed by atoms with Gasteiger partial charge >= 0.3 is 0 Å². The van der Waals surface area contributed by atoms with E-state index >= 15 is 0 Å². The molecule has 0 radical (unpaired) electrons. The third-order valence-corrected chi connectivity index (χ3v) is 5.82. The van der Waals surface area contributed by atoms with Gasteiger partial charge in [-0.3, -0.25) is 14.8 Å². The van der Waals surface area contributed by atoms with E-state index in [1.54, 1.807) is 25.1 Å². The molecule has 10 heteroatoms. The normalized spacial score (nSPS) is 11.3. The van der Waals surface area contributed by atoms with Gasteiger partial charge in [-0.1, -0.05) is 18.2 Å². The van der Waals surface area contributed by atoms with Gasteiger partial charge in [0.1, 0.15) is 10.7 Å². The van der Waals surface area contributed by atoms with Crippen molar-refractivity contribution in [3.05, 3.63) is 74.9 Å². The van der Waals surface area contributed by atoms with Crippen LogP contribution in [-0.2, 0) is 10.0 Å². The second-order valence-electron chi connectivity index (χ2n) is 5.40. The van der Waals surface area contributed by atoms with E-state index in [4.69, 9.17) is 0 Å². The van der Waals surface area contributed by atoms with E-state index in [0.717, 1.165) is 12.1 Å². The molecule has 3 rings (SSSR count). The molecule has 0 saturated heterocycles. The molecule has 1 N–H and O–H groups in total. The summed E-state index contributed by atoms with van der Waals surface area (Å²) in [6, 6.07) is 14.1. The lowest BCUT2D eigenvalue weighted by Crippen LogP contribution is -2.16. The summed E-state index contributed by atoms with van der Waals surface area (Å²) in [6.07, 6.45) is 0. The Hall–Kier alpha value is -2.72. The Morgan fingerprint density at radius 2 is 1.85 bits per heavy atom. The lowest BCUT2D eigenvalue weighted by molar-refractivity contribution is -0.385. The number of nitrogens with zero attached hydrogens (tertiary/aromatic N) is 3. The number of nitrogens with one attached hydrogen (secondary N) is 1. The largest absolute Gasteiger partial charge is 0.270 e. The molecule has 0 aliphatic carbocycles.